The van der Waals surface area contributed by atoms with E-state index in [0.717, 1.165) is 44.1 Å². The maximum Gasteiger partial charge on any atom is 0.410 e. The summed E-state index contributed by atoms with van der Waals surface area (Å²) < 4.78 is 5.45. The van der Waals surface area contributed by atoms with Gasteiger partial charge in [-0.25, -0.2) is 4.79 Å². The van der Waals surface area contributed by atoms with E-state index in [-0.39, 0.29) is 18.0 Å². The highest BCUT2D eigenvalue weighted by Gasteiger charge is 2.43. The molecule has 154 valence electrons. The van der Waals surface area contributed by atoms with Gasteiger partial charge in [0.05, 0.1) is 5.41 Å². The first-order chi connectivity index (χ1) is 13.2. The molecule has 1 heterocycles. The van der Waals surface area contributed by atoms with Crippen LogP contribution < -0.4 is 5.32 Å². The highest BCUT2D eigenvalue weighted by molar-refractivity contribution is 6.30. The standard InChI is InChI=1S/C22H31ClN2O3/c1-21(2,3)28-20(27)25-14-10-18(11-15-25)24-19(26)22(12-4-5-13-22)16-6-8-17(23)9-7-16/h6-9,18H,4-5,10-15H2,1-3H3,(H,24,26). The quantitative estimate of drug-likeness (QED) is 0.793. The molecule has 2 aliphatic rings. The van der Waals surface area contributed by atoms with E-state index in [1.807, 2.05) is 45.0 Å². The molecule has 3 rings (SSSR count). The van der Waals surface area contributed by atoms with Gasteiger partial charge in [-0.1, -0.05) is 36.6 Å². The van der Waals surface area contributed by atoms with Crippen molar-refractivity contribution in [3.05, 3.63) is 34.9 Å². The van der Waals surface area contributed by atoms with Gasteiger partial charge in [-0.2, -0.15) is 0 Å². The fourth-order valence-electron chi connectivity index (χ4n) is 4.25. The van der Waals surface area contributed by atoms with E-state index >= 15 is 0 Å². The Balaban J connectivity index is 1.60. The van der Waals surface area contributed by atoms with Crippen LogP contribution in [0.1, 0.15) is 64.9 Å². The number of likely N-dealkylation sites (tertiary alicyclic amines) is 1. The zero-order valence-electron chi connectivity index (χ0n) is 17.1. The number of rotatable bonds is 3. The first-order valence-electron chi connectivity index (χ1n) is 10.2. The van der Waals surface area contributed by atoms with Gasteiger partial charge in [-0.15, -0.1) is 0 Å². The number of amides is 2. The summed E-state index contributed by atoms with van der Waals surface area (Å²) in [6.45, 7) is 6.82. The average Bonchev–Trinajstić information content (AvgIpc) is 3.12. The van der Waals surface area contributed by atoms with Gasteiger partial charge in [-0.05, 0) is 64.2 Å². The van der Waals surface area contributed by atoms with Gasteiger partial charge < -0.3 is 15.0 Å². The van der Waals surface area contributed by atoms with E-state index in [1.165, 1.54) is 0 Å². The van der Waals surface area contributed by atoms with Crippen LogP contribution in [0.4, 0.5) is 4.79 Å². The Hall–Kier alpha value is -1.75. The van der Waals surface area contributed by atoms with Crippen LogP contribution in [-0.2, 0) is 14.9 Å². The summed E-state index contributed by atoms with van der Waals surface area (Å²) >= 11 is 6.04. The van der Waals surface area contributed by atoms with Gasteiger partial charge >= 0.3 is 6.09 Å². The number of nitrogens with zero attached hydrogens (tertiary/aromatic N) is 1. The smallest absolute Gasteiger partial charge is 0.410 e. The molecule has 1 aliphatic carbocycles. The highest BCUT2D eigenvalue weighted by Crippen LogP contribution is 2.42. The van der Waals surface area contributed by atoms with Crippen molar-refractivity contribution < 1.29 is 14.3 Å². The van der Waals surface area contributed by atoms with Crippen LogP contribution in [0.5, 0.6) is 0 Å². The summed E-state index contributed by atoms with van der Waals surface area (Å²) in [6, 6.07) is 7.79. The molecule has 1 aromatic rings. The minimum Gasteiger partial charge on any atom is -0.444 e. The number of hydrogen-bond acceptors (Lipinski definition) is 3. The molecule has 1 saturated heterocycles. The molecule has 2 fully saturated rings. The molecule has 0 spiro atoms. The van der Waals surface area contributed by atoms with Crippen molar-refractivity contribution >= 4 is 23.6 Å². The average molecular weight is 407 g/mol. The second kappa shape index (κ2) is 8.32. The number of halogens is 1. The predicted molar refractivity (Wildman–Crippen MR) is 111 cm³/mol. The SMILES string of the molecule is CC(C)(C)OC(=O)N1CCC(NC(=O)C2(c3ccc(Cl)cc3)CCCC2)CC1. The first kappa shape index (κ1) is 21.0. The minimum absolute atomic E-state index is 0.0935. The predicted octanol–water partition coefficient (Wildman–Crippen LogP) is 4.67. The van der Waals surface area contributed by atoms with Crippen molar-refractivity contribution in [2.24, 2.45) is 0 Å². The summed E-state index contributed by atoms with van der Waals surface area (Å²) in [4.78, 5) is 27.2. The second-order valence-electron chi connectivity index (χ2n) is 9.01. The fraction of sp³-hybridized carbons (Fsp3) is 0.636. The molecular weight excluding hydrogens is 376 g/mol. The van der Waals surface area contributed by atoms with Crippen LogP contribution >= 0.6 is 11.6 Å². The molecule has 5 nitrogen and oxygen atoms in total. The normalized spacial score (nSPS) is 20.1. The van der Waals surface area contributed by atoms with E-state index in [1.54, 1.807) is 4.90 Å². The minimum atomic E-state index is -0.490. The third-order valence-electron chi connectivity index (χ3n) is 5.77. The number of ether oxygens (including phenoxy) is 1. The monoisotopic (exact) mass is 406 g/mol. The van der Waals surface area contributed by atoms with Gasteiger partial charge in [0.25, 0.3) is 0 Å². The molecular formula is C22H31ClN2O3. The third-order valence-corrected chi connectivity index (χ3v) is 6.02. The molecule has 6 heteroatoms. The summed E-state index contributed by atoms with van der Waals surface area (Å²) in [5.74, 6) is 0.114. The summed E-state index contributed by atoms with van der Waals surface area (Å²) in [6.07, 6.45) is 5.10. The van der Waals surface area contributed by atoms with Crippen molar-refractivity contribution in [1.29, 1.82) is 0 Å². The maximum atomic E-state index is 13.3. The topological polar surface area (TPSA) is 58.6 Å². The highest BCUT2D eigenvalue weighted by atomic mass is 35.5. The Morgan fingerprint density at radius 2 is 1.68 bits per heavy atom. The third kappa shape index (κ3) is 4.80. The van der Waals surface area contributed by atoms with Crippen molar-refractivity contribution in [2.75, 3.05) is 13.1 Å². The van der Waals surface area contributed by atoms with Crippen LogP contribution in [-0.4, -0.2) is 41.6 Å². The molecule has 1 saturated carbocycles. The van der Waals surface area contributed by atoms with Crippen molar-refractivity contribution in [2.45, 2.75) is 76.4 Å². The lowest BCUT2D eigenvalue weighted by atomic mass is 9.77. The van der Waals surface area contributed by atoms with E-state index in [4.69, 9.17) is 16.3 Å². The molecule has 0 bridgehead atoms. The molecule has 1 N–H and O–H groups in total. The Morgan fingerprint density at radius 1 is 1.11 bits per heavy atom. The first-order valence-corrected chi connectivity index (χ1v) is 10.6. The molecule has 2 amide bonds. The van der Waals surface area contributed by atoms with Crippen LogP contribution in [0.2, 0.25) is 5.02 Å². The van der Waals surface area contributed by atoms with Crippen molar-refractivity contribution in [3.8, 4) is 0 Å². The summed E-state index contributed by atoms with van der Waals surface area (Å²) in [5.41, 5.74) is 0.112. The Labute approximate surface area is 172 Å². The largest absolute Gasteiger partial charge is 0.444 e. The Kier molecular flexibility index (Phi) is 6.23. The molecule has 28 heavy (non-hydrogen) atoms. The Bertz CT molecular complexity index is 697. The molecule has 1 aromatic carbocycles. The van der Waals surface area contributed by atoms with Crippen LogP contribution in [0.25, 0.3) is 0 Å². The molecule has 0 aromatic heterocycles. The van der Waals surface area contributed by atoms with E-state index in [0.29, 0.717) is 18.1 Å². The lowest BCUT2D eigenvalue weighted by molar-refractivity contribution is -0.127. The summed E-state index contributed by atoms with van der Waals surface area (Å²) in [5, 5.41) is 3.96. The van der Waals surface area contributed by atoms with Crippen LogP contribution in [0, 0.1) is 0 Å². The molecule has 0 unspecified atom stereocenters. The van der Waals surface area contributed by atoms with Gasteiger partial charge in [0.15, 0.2) is 0 Å². The Morgan fingerprint density at radius 3 is 2.21 bits per heavy atom. The van der Waals surface area contributed by atoms with Crippen molar-refractivity contribution in [3.63, 3.8) is 0 Å². The second-order valence-corrected chi connectivity index (χ2v) is 9.45. The molecule has 0 radical (unpaired) electrons. The lowest BCUT2D eigenvalue weighted by Crippen LogP contribution is -2.51. The molecule has 1 aliphatic heterocycles. The van der Waals surface area contributed by atoms with Crippen LogP contribution in [0.15, 0.2) is 24.3 Å². The van der Waals surface area contributed by atoms with E-state index in [2.05, 4.69) is 5.32 Å². The lowest BCUT2D eigenvalue weighted by Gasteiger charge is -2.36. The number of piperidine rings is 1. The number of benzene rings is 1. The van der Waals surface area contributed by atoms with E-state index < -0.39 is 11.0 Å². The zero-order chi connectivity index (χ0) is 20.4. The number of hydrogen-bond donors (Lipinski definition) is 1. The van der Waals surface area contributed by atoms with Gasteiger partial charge in [0, 0.05) is 24.2 Å². The van der Waals surface area contributed by atoms with Gasteiger partial charge in [-0.3, -0.25) is 4.79 Å². The molecule has 0 atom stereocenters. The summed E-state index contributed by atoms with van der Waals surface area (Å²) in [7, 11) is 0. The fourth-order valence-corrected chi connectivity index (χ4v) is 4.38. The number of carbonyl (C=O) groups excluding carboxylic acids is 2. The maximum absolute atomic E-state index is 13.3. The van der Waals surface area contributed by atoms with Crippen molar-refractivity contribution in [1.82, 2.24) is 10.2 Å². The zero-order valence-corrected chi connectivity index (χ0v) is 17.8. The number of nitrogens with one attached hydrogen (secondary N) is 1. The van der Waals surface area contributed by atoms with Crippen LogP contribution in [0.3, 0.4) is 0 Å². The van der Waals surface area contributed by atoms with E-state index in [9.17, 15) is 9.59 Å². The van der Waals surface area contributed by atoms with Gasteiger partial charge in [0.1, 0.15) is 5.60 Å². The van der Waals surface area contributed by atoms with Gasteiger partial charge in [0.2, 0.25) is 5.91 Å². The number of carbonyl (C=O) groups is 2.